The molecule has 3 N–H and O–H groups in total. The van der Waals surface area contributed by atoms with E-state index in [2.05, 4.69) is 17.1 Å². The van der Waals surface area contributed by atoms with Crippen LogP contribution < -0.4 is 0 Å². The number of aromatic amines is 1. The van der Waals surface area contributed by atoms with Crippen molar-refractivity contribution in [3.63, 3.8) is 0 Å². The van der Waals surface area contributed by atoms with Gasteiger partial charge in [-0.25, -0.2) is 9.59 Å². The highest BCUT2D eigenvalue weighted by Gasteiger charge is 2.57. The van der Waals surface area contributed by atoms with E-state index in [1.54, 1.807) is 32.2 Å². The van der Waals surface area contributed by atoms with Crippen molar-refractivity contribution in [1.29, 1.82) is 0 Å². The fourth-order valence-electron chi connectivity index (χ4n) is 6.22. The number of hydrogen-bond acceptors (Lipinski definition) is 8. The van der Waals surface area contributed by atoms with Crippen molar-refractivity contribution in [1.82, 2.24) is 4.98 Å². The number of aliphatic hydroxyl groups is 2. The highest BCUT2D eigenvalue weighted by Crippen LogP contribution is 2.53. The minimum atomic E-state index is -0.872. The Morgan fingerprint density at radius 3 is 2.55 bits per heavy atom. The lowest BCUT2D eigenvalue weighted by molar-refractivity contribution is -0.172. The van der Waals surface area contributed by atoms with E-state index in [4.69, 9.17) is 18.9 Å². The molecule has 2 aliphatic heterocycles. The summed E-state index contributed by atoms with van der Waals surface area (Å²) >= 11 is 0. The van der Waals surface area contributed by atoms with Gasteiger partial charge >= 0.3 is 11.9 Å². The number of cyclic esters (lactones) is 1. The van der Waals surface area contributed by atoms with E-state index in [9.17, 15) is 19.8 Å². The third-order valence-corrected chi connectivity index (χ3v) is 8.60. The summed E-state index contributed by atoms with van der Waals surface area (Å²) in [5, 5.41) is 20.9. The first-order valence-electron chi connectivity index (χ1n) is 13.5. The van der Waals surface area contributed by atoms with E-state index in [0.29, 0.717) is 18.5 Å². The topological polar surface area (TPSA) is 127 Å². The third-order valence-electron chi connectivity index (χ3n) is 8.60. The van der Waals surface area contributed by atoms with Crippen LogP contribution in [0.1, 0.15) is 57.9 Å². The van der Waals surface area contributed by atoms with Gasteiger partial charge in [-0.15, -0.1) is 0 Å². The summed E-state index contributed by atoms with van der Waals surface area (Å²) in [4.78, 5) is 28.9. The third kappa shape index (κ3) is 5.34. The SMILES string of the molecule is CO[C@H]1CC2C=C[C@@H]3C[C@]2(O[C@H]3[C@H](OC(=O)c2ccc[nH]2)[C@H](C)[C@H](C)O)/C(C)=C/[C@@H](C)[C@@H]([C@@H](C)O)OC1=O. The molecule has 1 unspecified atom stereocenters. The van der Waals surface area contributed by atoms with Crippen LogP contribution in [-0.2, 0) is 23.7 Å². The Bertz CT molecular complexity index is 1050. The van der Waals surface area contributed by atoms with Crippen molar-refractivity contribution in [2.45, 2.75) is 89.7 Å². The first-order valence-corrected chi connectivity index (χ1v) is 13.5. The molecule has 9 heteroatoms. The van der Waals surface area contributed by atoms with Crippen molar-refractivity contribution < 1.29 is 38.7 Å². The molecule has 1 fully saturated rings. The van der Waals surface area contributed by atoms with Crippen LogP contribution in [-0.4, -0.2) is 76.5 Å². The molecular formula is C29H41NO8. The molecule has 1 aromatic rings. The minimum Gasteiger partial charge on any atom is -0.457 e. The number of rotatable bonds is 7. The number of ether oxygens (including phenoxy) is 4. The van der Waals surface area contributed by atoms with Gasteiger partial charge in [0.25, 0.3) is 0 Å². The molecule has 1 spiro atoms. The van der Waals surface area contributed by atoms with Gasteiger partial charge in [0.2, 0.25) is 0 Å². The van der Waals surface area contributed by atoms with Gasteiger partial charge in [0.15, 0.2) is 6.10 Å². The number of hydrogen-bond donors (Lipinski definition) is 3. The van der Waals surface area contributed by atoms with Gasteiger partial charge < -0.3 is 34.1 Å². The fraction of sp³-hybridized carbons (Fsp3) is 0.655. The average molecular weight is 532 g/mol. The molecule has 1 aliphatic carbocycles. The minimum absolute atomic E-state index is 0.0732. The van der Waals surface area contributed by atoms with E-state index in [-0.39, 0.29) is 17.8 Å². The molecule has 2 bridgehead atoms. The Morgan fingerprint density at radius 1 is 1.21 bits per heavy atom. The summed E-state index contributed by atoms with van der Waals surface area (Å²) in [6.45, 7) is 9.05. The predicted molar refractivity (Wildman–Crippen MR) is 139 cm³/mol. The Labute approximate surface area is 224 Å². The summed E-state index contributed by atoms with van der Waals surface area (Å²) in [6.07, 6.45) is 4.36. The lowest BCUT2D eigenvalue weighted by Crippen LogP contribution is -2.47. The van der Waals surface area contributed by atoms with Gasteiger partial charge in [0, 0.05) is 37.0 Å². The van der Waals surface area contributed by atoms with Gasteiger partial charge in [-0.3, -0.25) is 0 Å². The normalized spacial score (nSPS) is 37.7. The summed E-state index contributed by atoms with van der Waals surface area (Å²) < 4.78 is 24.2. The summed E-state index contributed by atoms with van der Waals surface area (Å²) in [7, 11) is 1.47. The highest BCUT2D eigenvalue weighted by molar-refractivity contribution is 5.87. The van der Waals surface area contributed by atoms with Crippen molar-refractivity contribution in [2.24, 2.45) is 23.7 Å². The second kappa shape index (κ2) is 11.3. The van der Waals surface area contributed by atoms with Crippen molar-refractivity contribution in [3.05, 3.63) is 47.8 Å². The first-order chi connectivity index (χ1) is 18.0. The van der Waals surface area contributed by atoms with E-state index in [1.807, 2.05) is 26.8 Å². The molecule has 0 aromatic carbocycles. The monoisotopic (exact) mass is 531 g/mol. The molecule has 210 valence electrons. The zero-order valence-corrected chi connectivity index (χ0v) is 23.0. The molecule has 0 amide bonds. The van der Waals surface area contributed by atoms with Gasteiger partial charge in [-0.1, -0.05) is 32.1 Å². The zero-order chi connectivity index (χ0) is 27.8. The summed E-state index contributed by atoms with van der Waals surface area (Å²) in [6, 6.07) is 3.37. The number of esters is 2. The van der Waals surface area contributed by atoms with Gasteiger partial charge in [0.05, 0.1) is 17.8 Å². The molecule has 38 heavy (non-hydrogen) atoms. The highest BCUT2D eigenvalue weighted by atomic mass is 16.6. The van der Waals surface area contributed by atoms with E-state index in [0.717, 1.165) is 5.57 Å². The zero-order valence-electron chi connectivity index (χ0n) is 23.0. The number of carbonyl (C=O) groups excluding carboxylic acids is 2. The molecule has 0 saturated carbocycles. The number of aromatic nitrogens is 1. The quantitative estimate of drug-likeness (QED) is 0.362. The van der Waals surface area contributed by atoms with E-state index < -0.39 is 60.1 Å². The van der Waals surface area contributed by atoms with Crippen LogP contribution in [0.15, 0.2) is 42.1 Å². The maximum atomic E-state index is 13.0. The van der Waals surface area contributed by atoms with Crippen molar-refractivity contribution in [2.75, 3.05) is 7.11 Å². The van der Waals surface area contributed by atoms with Crippen LogP contribution in [0.4, 0.5) is 0 Å². The van der Waals surface area contributed by atoms with Crippen LogP contribution in [0.3, 0.4) is 0 Å². The Kier molecular flexibility index (Phi) is 8.52. The maximum Gasteiger partial charge on any atom is 0.355 e. The number of H-pyrrole nitrogens is 1. The number of carbonyl (C=O) groups is 2. The standard InChI is InChI=1S/C29H41NO8/c1-15-12-16(2)29-14-20(9-10-21(29)13-23(35-6)28(34)36-24(15)19(5)32)26(38-29)25(17(3)18(4)31)37-27(33)22-8-7-11-30-22/h7-12,15,17-21,23-26,30-32H,13-14H2,1-6H3/b16-12+/t15-,17-,18+,19-,20-,21?,23+,24+,25-,26-,29+/m1/s1. The summed E-state index contributed by atoms with van der Waals surface area (Å²) in [5.74, 6) is -1.98. The van der Waals surface area contributed by atoms with Gasteiger partial charge in [-0.05, 0) is 51.3 Å². The smallest absolute Gasteiger partial charge is 0.355 e. The largest absolute Gasteiger partial charge is 0.457 e. The second-order valence-corrected chi connectivity index (χ2v) is 11.2. The first kappa shape index (κ1) is 28.5. The predicted octanol–water partition coefficient (Wildman–Crippen LogP) is 3.18. The fourth-order valence-corrected chi connectivity index (χ4v) is 6.22. The molecule has 4 rings (SSSR count). The summed E-state index contributed by atoms with van der Waals surface area (Å²) in [5.41, 5.74) is 0.518. The number of nitrogens with one attached hydrogen (secondary N) is 1. The average Bonchev–Trinajstić information content (AvgIpc) is 3.51. The molecule has 0 radical (unpaired) electrons. The van der Waals surface area contributed by atoms with Crippen LogP contribution in [0.5, 0.6) is 0 Å². The van der Waals surface area contributed by atoms with Crippen LogP contribution >= 0.6 is 0 Å². The van der Waals surface area contributed by atoms with E-state index in [1.165, 1.54) is 7.11 Å². The Balaban J connectivity index is 1.73. The van der Waals surface area contributed by atoms with Crippen molar-refractivity contribution in [3.8, 4) is 0 Å². The Hall–Kier alpha value is -2.46. The number of aliphatic hydroxyl groups excluding tert-OH is 2. The number of fused-ring (bicyclic) bond motifs is 1. The maximum absolute atomic E-state index is 13.0. The van der Waals surface area contributed by atoms with Gasteiger partial charge in [0.1, 0.15) is 24.0 Å². The molecule has 11 atom stereocenters. The van der Waals surface area contributed by atoms with Crippen LogP contribution in [0, 0.1) is 23.7 Å². The molecule has 3 heterocycles. The van der Waals surface area contributed by atoms with Gasteiger partial charge in [-0.2, -0.15) is 0 Å². The lowest BCUT2D eigenvalue weighted by atomic mass is 9.69. The van der Waals surface area contributed by atoms with Crippen LogP contribution in [0.25, 0.3) is 0 Å². The molecular weight excluding hydrogens is 490 g/mol. The molecule has 1 aromatic heterocycles. The number of methoxy groups -OCH3 is 1. The lowest BCUT2D eigenvalue weighted by Gasteiger charge is -2.41. The molecule has 3 aliphatic rings. The van der Waals surface area contributed by atoms with E-state index >= 15 is 0 Å². The van der Waals surface area contributed by atoms with Crippen LogP contribution in [0.2, 0.25) is 0 Å². The second-order valence-electron chi connectivity index (χ2n) is 11.2. The molecule has 1 saturated heterocycles. The Morgan fingerprint density at radius 2 is 1.95 bits per heavy atom. The van der Waals surface area contributed by atoms with Crippen molar-refractivity contribution >= 4 is 11.9 Å². The molecule has 9 nitrogen and oxygen atoms in total.